The quantitative estimate of drug-likeness (QED) is 0.179. The Bertz CT molecular complexity index is 3560. The molecule has 0 amide bonds. The minimum atomic E-state index is -1.15. The molecule has 15 rings (SSSR count). The van der Waals surface area contributed by atoms with Crippen molar-refractivity contribution in [2.24, 2.45) is 17.8 Å². The van der Waals surface area contributed by atoms with Gasteiger partial charge in [0.15, 0.2) is 48.9 Å². The highest BCUT2D eigenvalue weighted by Gasteiger charge is 2.63. The molecule has 0 saturated carbocycles. The summed E-state index contributed by atoms with van der Waals surface area (Å²) in [5.41, 5.74) is -2.67. The summed E-state index contributed by atoms with van der Waals surface area (Å²) in [5.74, 6) is -0.0940. The van der Waals surface area contributed by atoms with E-state index in [1.54, 1.807) is 16.8 Å². The fraction of sp³-hybridized carbons (Fsp3) is 0.439. The highest BCUT2D eigenvalue weighted by Crippen LogP contribution is 2.52. The van der Waals surface area contributed by atoms with Gasteiger partial charge in [-0.2, -0.15) is 4.98 Å². The molecule has 1 spiro atoms. The molecule has 9 aliphatic rings. The second kappa shape index (κ2) is 21.9. The number of benzene rings is 3. The lowest BCUT2D eigenvalue weighted by Gasteiger charge is -2.59. The molecule has 24 nitrogen and oxygen atoms in total. The minimum absolute atomic E-state index is 0.0218. The van der Waals surface area contributed by atoms with Gasteiger partial charge in [-0.25, -0.2) is 14.2 Å². The van der Waals surface area contributed by atoms with E-state index in [4.69, 9.17) is 52.1 Å². The summed E-state index contributed by atoms with van der Waals surface area (Å²) < 4.78 is 71.0. The Morgan fingerprint density at radius 1 is 0.556 bits per heavy atom. The molecule has 0 radical (unpaired) electrons. The van der Waals surface area contributed by atoms with Gasteiger partial charge in [-0.3, -0.25) is 33.5 Å². The zero-order valence-corrected chi connectivity index (χ0v) is 44.2. The first-order valence-electron chi connectivity index (χ1n) is 26.7. The third-order valence-electron chi connectivity index (χ3n) is 16.0. The van der Waals surface area contributed by atoms with Crippen LogP contribution in [0.25, 0.3) is 5.88 Å². The van der Waals surface area contributed by atoms with Crippen molar-refractivity contribution in [3.8, 4) is 6.01 Å². The molecule has 7 fully saturated rings. The van der Waals surface area contributed by atoms with Gasteiger partial charge in [0.25, 0.3) is 16.7 Å². The summed E-state index contributed by atoms with van der Waals surface area (Å²) in [5, 5.41) is 20.2. The second-order valence-electron chi connectivity index (χ2n) is 21.4. The summed E-state index contributed by atoms with van der Waals surface area (Å²) in [7, 11) is 0. The SMILES string of the molecule is CC1C2OCC3(COC(c4ccccc4)OC13)OC2n1ccc(=O)[nH]c1=O.C[C@@H]1C=C(n2ccc(=O)[nH]c2=O)O[C@]2(CO)CO[C@@H](c3ccccc3)O[C@@H]12.C[C@@H]1[C@@H]2Oc3nc(=O)ccn3[C@@H]2O[C@]2(CO)CO[C@@H](c3ccccc3)O[C@@H]12. The van der Waals surface area contributed by atoms with E-state index in [1.807, 2.05) is 112 Å². The Kier molecular flexibility index (Phi) is 14.7. The second-order valence-corrected chi connectivity index (χ2v) is 21.4. The summed E-state index contributed by atoms with van der Waals surface area (Å²) >= 11 is 0. The van der Waals surface area contributed by atoms with Crippen molar-refractivity contribution < 1.29 is 62.3 Å². The molecule has 16 atom stereocenters. The van der Waals surface area contributed by atoms with E-state index in [9.17, 15) is 34.2 Å². The average Bonchev–Trinajstić information content (AvgIpc) is 3.99. The highest BCUT2D eigenvalue weighted by atomic mass is 16.7. The summed E-state index contributed by atoms with van der Waals surface area (Å²) in [6, 6.07) is 33.1. The Morgan fingerprint density at radius 3 is 1.68 bits per heavy atom. The van der Waals surface area contributed by atoms with Crippen LogP contribution in [0.5, 0.6) is 6.01 Å². The standard InChI is InChI=1S/3C19H20N2O6/c1-11-14-16(21-8-7-13(22)20-18(21)23)27-19(9-24-14)10-25-17(26-15(11)19)12-5-3-2-4-6-12;1-11-14-16(21-8-7-13(23)20-18(21)25-14)27-19(9-22)10-24-17(26-15(11)19)12-5-3-2-4-6-12;1-12-9-15(21-8-7-14(23)20-18(21)24)27-19(10-22)11-25-17(26-16(12)19)13-5-3-2-4-6-13/h2-8,11,14-17H,9-10H2,1H3,(H,20,22,23);2-8,11,14-17,22H,9-10H2,1H3;2-9,12,16-17,22H,10-11H2,1H3,(H,20,23,24)/t;11-,14+,15+,16-,17-,19-;12-,16+,17-,19-/m.11/s1. The largest absolute Gasteiger partial charge is 0.464 e. The van der Waals surface area contributed by atoms with Crippen molar-refractivity contribution in [2.75, 3.05) is 39.6 Å². The van der Waals surface area contributed by atoms with Crippen molar-refractivity contribution >= 4 is 5.88 Å². The van der Waals surface area contributed by atoms with E-state index in [0.29, 0.717) is 13.2 Å². The number of fused-ring (bicyclic) bond motifs is 7. The molecule has 3 aromatic heterocycles. The summed E-state index contributed by atoms with van der Waals surface area (Å²) in [4.78, 5) is 66.9. The number of aliphatic hydroxyl groups excluding tert-OH is 2. The summed E-state index contributed by atoms with van der Waals surface area (Å²) in [6.45, 7) is 6.25. The topological polar surface area (TPSA) is 287 Å². The molecular weight excluding hydrogens is 1060 g/mol. The molecule has 81 heavy (non-hydrogen) atoms. The number of rotatable bonds is 7. The van der Waals surface area contributed by atoms with E-state index in [-0.39, 0.29) is 79.9 Å². The van der Waals surface area contributed by atoms with E-state index >= 15 is 0 Å². The zero-order chi connectivity index (χ0) is 56.2. The lowest BCUT2D eigenvalue weighted by molar-refractivity contribution is -0.414. The van der Waals surface area contributed by atoms with Crippen LogP contribution in [0.2, 0.25) is 0 Å². The molecule has 6 unspecified atom stereocenters. The smallest absolute Gasteiger partial charge is 0.335 e. The number of ether oxygens (including phenoxy) is 11. The maximum atomic E-state index is 12.2. The number of hydrogen-bond acceptors (Lipinski definition) is 19. The van der Waals surface area contributed by atoms with E-state index in [1.165, 1.54) is 39.7 Å². The predicted molar refractivity (Wildman–Crippen MR) is 281 cm³/mol. The van der Waals surface area contributed by atoms with E-state index in [0.717, 1.165) is 16.7 Å². The normalized spacial score (nSPS) is 35.0. The fourth-order valence-corrected chi connectivity index (χ4v) is 12.0. The minimum Gasteiger partial charge on any atom is -0.464 e. The van der Waals surface area contributed by atoms with Crippen LogP contribution in [0.1, 0.15) is 68.8 Å². The lowest BCUT2D eigenvalue weighted by Crippen LogP contribution is -2.71. The van der Waals surface area contributed by atoms with Crippen LogP contribution in [-0.2, 0) is 47.4 Å². The number of H-pyrrole nitrogens is 2. The van der Waals surface area contributed by atoms with Crippen LogP contribution in [0.3, 0.4) is 0 Å². The predicted octanol–water partition coefficient (Wildman–Crippen LogP) is 2.81. The first-order valence-corrected chi connectivity index (χ1v) is 26.7. The van der Waals surface area contributed by atoms with Gasteiger partial charge < -0.3 is 62.3 Å². The van der Waals surface area contributed by atoms with E-state index in [2.05, 4.69) is 15.0 Å². The van der Waals surface area contributed by atoms with Crippen LogP contribution in [0, 0.1) is 17.8 Å². The zero-order valence-electron chi connectivity index (χ0n) is 44.2. The monoisotopic (exact) mass is 1120 g/mol. The molecule has 12 heterocycles. The van der Waals surface area contributed by atoms with Crippen molar-refractivity contribution in [3.63, 3.8) is 0 Å². The van der Waals surface area contributed by atoms with Crippen molar-refractivity contribution in [2.45, 2.75) is 99.4 Å². The molecule has 6 aromatic rings. The Balaban J connectivity index is 0.000000121. The lowest BCUT2D eigenvalue weighted by atomic mass is 9.78. The van der Waals surface area contributed by atoms with Gasteiger partial charge in [0.2, 0.25) is 0 Å². The van der Waals surface area contributed by atoms with Gasteiger partial charge in [-0.15, -0.1) is 0 Å². The number of nitrogens with one attached hydrogen (secondary N) is 2. The third-order valence-corrected chi connectivity index (χ3v) is 16.0. The molecule has 24 heteroatoms. The van der Waals surface area contributed by atoms with Crippen LogP contribution >= 0.6 is 0 Å². The maximum Gasteiger partial charge on any atom is 0.335 e. The van der Waals surface area contributed by atoms with Crippen LogP contribution in [-0.4, -0.2) is 126 Å². The molecular formula is C57H60N6O18. The molecule has 426 valence electrons. The molecule has 0 aliphatic carbocycles. The number of aromatic amines is 2. The van der Waals surface area contributed by atoms with Gasteiger partial charge in [-0.1, -0.05) is 112 Å². The molecule has 2 bridgehead atoms. The van der Waals surface area contributed by atoms with Crippen molar-refractivity contribution in [1.29, 1.82) is 0 Å². The number of aliphatic hydroxyl groups is 2. The third kappa shape index (κ3) is 10.0. The molecule has 4 N–H and O–H groups in total. The first kappa shape index (κ1) is 54.4. The number of nitrogens with zero attached hydrogens (tertiary/aromatic N) is 4. The van der Waals surface area contributed by atoms with Crippen LogP contribution < -0.4 is 32.8 Å². The Labute approximate surface area is 460 Å². The Morgan fingerprint density at radius 2 is 1.07 bits per heavy atom. The van der Waals surface area contributed by atoms with Gasteiger partial charge in [0.05, 0.1) is 45.7 Å². The van der Waals surface area contributed by atoms with Gasteiger partial charge in [-0.05, 0) is 6.08 Å². The van der Waals surface area contributed by atoms with Gasteiger partial charge in [0.1, 0.15) is 29.5 Å². The first-order chi connectivity index (χ1) is 39.2. The van der Waals surface area contributed by atoms with Crippen LogP contribution in [0.15, 0.2) is 158 Å². The van der Waals surface area contributed by atoms with Gasteiger partial charge >= 0.3 is 17.4 Å². The summed E-state index contributed by atoms with van der Waals surface area (Å²) in [6.07, 6.45) is 1.54. The number of aromatic nitrogens is 6. The number of hydrogen-bond donors (Lipinski definition) is 4. The van der Waals surface area contributed by atoms with Crippen LogP contribution in [0.4, 0.5) is 0 Å². The molecule has 7 saturated heterocycles. The van der Waals surface area contributed by atoms with Gasteiger partial charge in [0, 0.05) is 71.2 Å². The Hall–Kier alpha value is -7.20. The maximum absolute atomic E-state index is 12.2. The average molecular weight is 1120 g/mol. The highest BCUT2D eigenvalue weighted by molar-refractivity contribution is 5.41. The fourth-order valence-electron chi connectivity index (χ4n) is 12.0. The molecule has 9 aliphatic heterocycles. The van der Waals surface area contributed by atoms with Crippen molar-refractivity contribution in [3.05, 3.63) is 203 Å². The van der Waals surface area contributed by atoms with E-state index < -0.39 is 82.8 Å². The van der Waals surface area contributed by atoms with Crippen molar-refractivity contribution in [1.82, 2.24) is 28.7 Å². The molecule has 3 aromatic carbocycles.